The molecule has 2 rings (SSSR count). The molecule has 0 heterocycles. The summed E-state index contributed by atoms with van der Waals surface area (Å²) in [5, 5.41) is 19.2. The molecule has 0 aliphatic rings. The minimum atomic E-state index is -1.15. The highest BCUT2D eigenvalue weighted by molar-refractivity contribution is 9.10. The van der Waals surface area contributed by atoms with E-state index < -0.39 is 18.5 Å². The molecule has 0 bridgehead atoms. The van der Waals surface area contributed by atoms with Crippen LogP contribution >= 0.6 is 15.9 Å². The van der Waals surface area contributed by atoms with Gasteiger partial charge < -0.3 is 19.9 Å². The van der Waals surface area contributed by atoms with Gasteiger partial charge in [-0.2, -0.15) is 0 Å². The van der Waals surface area contributed by atoms with E-state index in [9.17, 15) is 9.59 Å². The minimum absolute atomic E-state index is 0.100. The number of hydrogen-bond acceptors (Lipinski definition) is 5. The lowest BCUT2D eigenvalue weighted by molar-refractivity contribution is -0.139. The molecule has 3 N–H and O–H groups in total. The molecule has 2 aromatic rings. The van der Waals surface area contributed by atoms with Gasteiger partial charge in [0.25, 0.3) is 5.91 Å². The van der Waals surface area contributed by atoms with Crippen molar-refractivity contribution in [1.82, 2.24) is 5.32 Å². The van der Waals surface area contributed by atoms with Gasteiger partial charge in [-0.25, -0.2) is 4.79 Å². The first-order chi connectivity index (χ1) is 11.9. The van der Waals surface area contributed by atoms with E-state index in [0.29, 0.717) is 15.8 Å². The van der Waals surface area contributed by atoms with Gasteiger partial charge >= 0.3 is 5.97 Å². The molecular formula is C17H15BrN2O5. The van der Waals surface area contributed by atoms with E-state index in [4.69, 9.17) is 20.0 Å². The van der Waals surface area contributed by atoms with Crippen molar-refractivity contribution in [2.75, 3.05) is 13.7 Å². The van der Waals surface area contributed by atoms with E-state index in [1.54, 1.807) is 30.3 Å². The van der Waals surface area contributed by atoms with Gasteiger partial charge in [0.15, 0.2) is 6.61 Å². The average Bonchev–Trinajstić information content (AvgIpc) is 2.60. The van der Waals surface area contributed by atoms with Crippen molar-refractivity contribution in [3.05, 3.63) is 58.1 Å². The monoisotopic (exact) mass is 406 g/mol. The van der Waals surface area contributed by atoms with Gasteiger partial charge in [-0.15, -0.1) is 0 Å². The fourth-order valence-electron chi connectivity index (χ4n) is 1.96. The standard InChI is InChI=1S/C17H15BrN2O5/c1-24-12-5-2-10(3-6-12)16(19)20-17(23)13-8-11(18)4-7-14(13)25-9-15(21)22/h2-8H,9H2,1H3,(H,21,22)(H2,19,20,23). The second-order valence-corrected chi connectivity index (χ2v) is 5.80. The SMILES string of the molecule is COc1ccc(C(=N)NC(=O)c2cc(Br)ccc2OCC(=O)O)cc1. The van der Waals surface area contributed by atoms with Gasteiger partial charge in [0.1, 0.15) is 17.3 Å². The second-order valence-electron chi connectivity index (χ2n) is 4.88. The van der Waals surface area contributed by atoms with E-state index >= 15 is 0 Å². The van der Waals surface area contributed by atoms with Crippen LogP contribution in [0.1, 0.15) is 15.9 Å². The molecule has 0 aliphatic heterocycles. The third-order valence-corrected chi connectivity index (χ3v) is 3.65. The van der Waals surface area contributed by atoms with Gasteiger partial charge in [-0.1, -0.05) is 15.9 Å². The van der Waals surface area contributed by atoms with Crippen molar-refractivity contribution < 1.29 is 24.2 Å². The Hall–Kier alpha value is -2.87. The number of aliphatic carboxylic acids is 1. The lowest BCUT2D eigenvalue weighted by Gasteiger charge is -2.12. The Morgan fingerprint density at radius 2 is 1.88 bits per heavy atom. The average molecular weight is 407 g/mol. The molecule has 0 atom stereocenters. The molecule has 0 fully saturated rings. The predicted octanol–water partition coefficient (Wildman–Crippen LogP) is 2.68. The van der Waals surface area contributed by atoms with Crippen LogP contribution in [0.5, 0.6) is 11.5 Å². The molecule has 0 aliphatic carbocycles. The van der Waals surface area contributed by atoms with Crippen LogP contribution in [-0.4, -0.2) is 36.5 Å². The summed E-state index contributed by atoms with van der Waals surface area (Å²) >= 11 is 3.25. The van der Waals surface area contributed by atoms with Crippen LogP contribution in [-0.2, 0) is 4.79 Å². The third kappa shape index (κ3) is 5.05. The maximum Gasteiger partial charge on any atom is 0.341 e. The topological polar surface area (TPSA) is 109 Å². The number of benzene rings is 2. The van der Waals surface area contributed by atoms with Crippen LogP contribution in [0.3, 0.4) is 0 Å². The summed E-state index contributed by atoms with van der Waals surface area (Å²) in [5.74, 6) is -1.08. The maximum absolute atomic E-state index is 12.4. The smallest absolute Gasteiger partial charge is 0.341 e. The van der Waals surface area contributed by atoms with Crippen molar-refractivity contribution in [3.63, 3.8) is 0 Å². The molecule has 25 heavy (non-hydrogen) atoms. The summed E-state index contributed by atoms with van der Waals surface area (Å²) in [6.45, 7) is -0.572. The Bertz CT molecular complexity index is 805. The van der Waals surface area contributed by atoms with E-state index in [0.717, 1.165) is 0 Å². The molecule has 7 nitrogen and oxygen atoms in total. The zero-order chi connectivity index (χ0) is 18.4. The second kappa shape index (κ2) is 8.29. The Kier molecular flexibility index (Phi) is 6.13. The normalized spacial score (nSPS) is 10.0. The van der Waals surface area contributed by atoms with Crippen molar-refractivity contribution in [2.24, 2.45) is 0 Å². The molecule has 2 aromatic carbocycles. The fourth-order valence-corrected chi connectivity index (χ4v) is 2.32. The Morgan fingerprint density at radius 3 is 2.48 bits per heavy atom. The molecule has 8 heteroatoms. The number of rotatable bonds is 6. The highest BCUT2D eigenvalue weighted by atomic mass is 79.9. The number of methoxy groups -OCH3 is 1. The summed E-state index contributed by atoms with van der Waals surface area (Å²) in [7, 11) is 1.54. The zero-order valence-electron chi connectivity index (χ0n) is 13.2. The third-order valence-electron chi connectivity index (χ3n) is 3.15. The first-order valence-corrected chi connectivity index (χ1v) is 7.88. The maximum atomic E-state index is 12.4. The van der Waals surface area contributed by atoms with Crippen LogP contribution in [0.2, 0.25) is 0 Å². The number of amidine groups is 1. The predicted molar refractivity (Wildman–Crippen MR) is 94.6 cm³/mol. The van der Waals surface area contributed by atoms with Gasteiger partial charge in [0.2, 0.25) is 0 Å². The molecule has 0 saturated heterocycles. The van der Waals surface area contributed by atoms with Crippen LogP contribution in [0.15, 0.2) is 46.9 Å². The number of carboxylic acid groups (broad SMARTS) is 1. The Labute approximate surface area is 152 Å². The van der Waals surface area contributed by atoms with Crippen LogP contribution in [0, 0.1) is 5.41 Å². The number of ether oxygens (including phenoxy) is 2. The quantitative estimate of drug-likeness (QED) is 0.504. The Morgan fingerprint density at radius 1 is 1.20 bits per heavy atom. The summed E-state index contributed by atoms with van der Waals surface area (Å²) in [4.78, 5) is 23.1. The zero-order valence-corrected chi connectivity index (χ0v) is 14.8. The van der Waals surface area contributed by atoms with Crippen molar-refractivity contribution in [1.29, 1.82) is 5.41 Å². The number of halogens is 1. The lowest BCUT2D eigenvalue weighted by Crippen LogP contribution is -2.31. The highest BCUT2D eigenvalue weighted by Crippen LogP contribution is 2.23. The number of amides is 1. The number of hydrogen-bond donors (Lipinski definition) is 3. The Balaban J connectivity index is 2.17. The largest absolute Gasteiger partial charge is 0.497 e. The van der Waals surface area contributed by atoms with Gasteiger partial charge in [-0.05, 0) is 42.5 Å². The van der Waals surface area contributed by atoms with Crippen molar-refractivity contribution in [3.8, 4) is 11.5 Å². The lowest BCUT2D eigenvalue weighted by atomic mass is 10.1. The highest BCUT2D eigenvalue weighted by Gasteiger charge is 2.16. The van der Waals surface area contributed by atoms with E-state index in [1.807, 2.05) is 0 Å². The first kappa shape index (κ1) is 18.5. The van der Waals surface area contributed by atoms with Crippen molar-refractivity contribution >= 4 is 33.6 Å². The molecule has 130 valence electrons. The summed E-state index contributed by atoms with van der Waals surface area (Å²) < 4.78 is 10.8. The van der Waals surface area contributed by atoms with E-state index in [1.165, 1.54) is 19.2 Å². The fraction of sp³-hybridized carbons (Fsp3) is 0.118. The van der Waals surface area contributed by atoms with E-state index in [-0.39, 0.29) is 17.1 Å². The van der Waals surface area contributed by atoms with Crippen LogP contribution in [0.25, 0.3) is 0 Å². The molecular weight excluding hydrogens is 392 g/mol. The summed E-state index contributed by atoms with van der Waals surface area (Å²) in [6, 6.07) is 11.2. The number of carbonyl (C=O) groups excluding carboxylic acids is 1. The molecule has 0 unspecified atom stereocenters. The molecule has 0 aromatic heterocycles. The van der Waals surface area contributed by atoms with Crippen LogP contribution in [0.4, 0.5) is 0 Å². The summed E-state index contributed by atoms with van der Waals surface area (Å²) in [6.07, 6.45) is 0. The molecule has 0 saturated carbocycles. The minimum Gasteiger partial charge on any atom is -0.497 e. The van der Waals surface area contributed by atoms with Gasteiger partial charge in [0.05, 0.1) is 12.7 Å². The van der Waals surface area contributed by atoms with Crippen LogP contribution < -0.4 is 14.8 Å². The number of nitrogens with one attached hydrogen (secondary N) is 2. The number of carboxylic acids is 1. The number of carbonyl (C=O) groups is 2. The van der Waals surface area contributed by atoms with Crippen molar-refractivity contribution in [2.45, 2.75) is 0 Å². The summed E-state index contributed by atoms with van der Waals surface area (Å²) in [5.41, 5.74) is 0.617. The van der Waals surface area contributed by atoms with Gasteiger partial charge in [-0.3, -0.25) is 10.2 Å². The first-order valence-electron chi connectivity index (χ1n) is 7.09. The van der Waals surface area contributed by atoms with E-state index in [2.05, 4.69) is 21.2 Å². The molecule has 0 spiro atoms. The molecule has 0 radical (unpaired) electrons. The molecule has 1 amide bonds. The van der Waals surface area contributed by atoms with Gasteiger partial charge in [0, 0.05) is 10.0 Å².